The van der Waals surface area contributed by atoms with Gasteiger partial charge in [0.15, 0.2) is 0 Å². The van der Waals surface area contributed by atoms with Crippen LogP contribution in [-0.4, -0.2) is 28.6 Å². The van der Waals surface area contributed by atoms with Crippen LogP contribution in [0.3, 0.4) is 0 Å². The maximum Gasteiger partial charge on any atom is 0.491 e. The normalized spacial score (nSPS) is 14.8. The third-order valence-corrected chi connectivity index (χ3v) is 3.95. The molecule has 1 aliphatic heterocycles. The van der Waals surface area contributed by atoms with E-state index in [2.05, 4.69) is 23.1 Å². The molecule has 0 saturated heterocycles. The topological polar surface area (TPSA) is 43.7 Å². The molecule has 0 saturated carbocycles. The molecule has 2 aromatic carbocycles. The molecule has 5 heteroatoms. The number of nitrogens with zero attached hydrogens (tertiary/aromatic N) is 1. The van der Waals surface area contributed by atoms with Crippen LogP contribution in [0, 0.1) is 5.82 Å². The quantitative estimate of drug-likeness (QED) is 0.829. The Morgan fingerprint density at radius 2 is 1.86 bits per heavy atom. The molecule has 1 aliphatic rings. The van der Waals surface area contributed by atoms with Gasteiger partial charge in [0.05, 0.1) is 0 Å². The summed E-state index contributed by atoms with van der Waals surface area (Å²) >= 11 is 0. The van der Waals surface area contributed by atoms with Gasteiger partial charge in [0, 0.05) is 25.1 Å². The molecular formula is C16H17BFNO2. The molecule has 1 heterocycles. The van der Waals surface area contributed by atoms with E-state index in [0.29, 0.717) is 6.54 Å². The summed E-state index contributed by atoms with van der Waals surface area (Å²) in [6.07, 6.45) is 1.01. The van der Waals surface area contributed by atoms with Crippen LogP contribution in [0.2, 0.25) is 0 Å². The Morgan fingerprint density at radius 1 is 1.10 bits per heavy atom. The maximum absolute atomic E-state index is 13.5. The molecule has 0 radical (unpaired) electrons. The lowest BCUT2D eigenvalue weighted by Crippen LogP contribution is -2.34. The Bertz CT molecular complexity index is 648. The third-order valence-electron chi connectivity index (χ3n) is 3.95. The Hall–Kier alpha value is -1.69. The average Bonchev–Trinajstić information content (AvgIpc) is 2.49. The number of fused-ring (bicyclic) bond motifs is 1. The Labute approximate surface area is 123 Å². The minimum Gasteiger partial charge on any atom is -0.423 e. The van der Waals surface area contributed by atoms with Crippen LogP contribution in [0.25, 0.3) is 0 Å². The minimum atomic E-state index is -1.77. The molecule has 2 N–H and O–H groups in total. The van der Waals surface area contributed by atoms with Crippen LogP contribution in [0.4, 0.5) is 4.39 Å². The van der Waals surface area contributed by atoms with Gasteiger partial charge in [-0.2, -0.15) is 0 Å². The van der Waals surface area contributed by atoms with Crippen molar-refractivity contribution in [3.63, 3.8) is 0 Å². The van der Waals surface area contributed by atoms with Gasteiger partial charge in [-0.05, 0) is 29.2 Å². The second-order valence-corrected chi connectivity index (χ2v) is 5.46. The third kappa shape index (κ3) is 3.15. The van der Waals surface area contributed by atoms with Crippen LogP contribution in [0.5, 0.6) is 0 Å². The van der Waals surface area contributed by atoms with E-state index in [1.807, 2.05) is 6.07 Å². The van der Waals surface area contributed by atoms with E-state index in [4.69, 9.17) is 10.0 Å². The second-order valence-electron chi connectivity index (χ2n) is 5.46. The first-order valence-electron chi connectivity index (χ1n) is 7.07. The van der Waals surface area contributed by atoms with Crippen molar-refractivity contribution in [2.75, 3.05) is 6.54 Å². The number of halogens is 1. The van der Waals surface area contributed by atoms with Crippen LogP contribution in [0.1, 0.15) is 16.7 Å². The lowest BCUT2D eigenvalue weighted by atomic mass is 9.79. The van der Waals surface area contributed by atoms with E-state index in [1.54, 1.807) is 6.07 Å². The summed E-state index contributed by atoms with van der Waals surface area (Å²) < 4.78 is 13.5. The summed E-state index contributed by atoms with van der Waals surface area (Å²) in [5.41, 5.74) is 3.54. The summed E-state index contributed by atoms with van der Waals surface area (Å²) in [4.78, 5) is 2.28. The van der Waals surface area contributed by atoms with Crippen molar-refractivity contribution in [3.05, 3.63) is 65.0 Å². The van der Waals surface area contributed by atoms with Crippen molar-refractivity contribution in [1.82, 2.24) is 4.90 Å². The smallest absolute Gasteiger partial charge is 0.423 e. The fraction of sp³-hybridized carbons (Fsp3) is 0.250. The summed E-state index contributed by atoms with van der Waals surface area (Å²) in [6.45, 7) is 2.49. The summed E-state index contributed by atoms with van der Waals surface area (Å²) in [5.74, 6) is -0.585. The molecule has 0 fully saturated rings. The molecule has 3 nitrogen and oxygen atoms in total. The first kappa shape index (κ1) is 14.3. The van der Waals surface area contributed by atoms with E-state index in [1.165, 1.54) is 23.3 Å². The molecule has 21 heavy (non-hydrogen) atoms. The van der Waals surface area contributed by atoms with E-state index in [-0.39, 0.29) is 5.46 Å². The molecular weight excluding hydrogens is 268 g/mol. The van der Waals surface area contributed by atoms with Gasteiger partial charge in [-0.1, -0.05) is 36.4 Å². The van der Waals surface area contributed by atoms with Gasteiger partial charge in [-0.3, -0.25) is 4.90 Å². The van der Waals surface area contributed by atoms with Gasteiger partial charge in [-0.15, -0.1) is 0 Å². The van der Waals surface area contributed by atoms with Crippen LogP contribution in [0.15, 0.2) is 42.5 Å². The van der Waals surface area contributed by atoms with Crippen molar-refractivity contribution >= 4 is 12.6 Å². The van der Waals surface area contributed by atoms with Gasteiger partial charge < -0.3 is 10.0 Å². The van der Waals surface area contributed by atoms with Crippen molar-refractivity contribution in [1.29, 1.82) is 0 Å². The van der Waals surface area contributed by atoms with E-state index in [9.17, 15) is 4.39 Å². The standard InChI is InChI=1S/C16H17BFNO2/c18-16-6-5-12(9-15(16)17(20)21)10-19-8-7-13-3-1-2-4-14(13)11-19/h1-6,9,20-21H,7-8,10-11H2. The zero-order chi connectivity index (χ0) is 14.8. The molecule has 108 valence electrons. The molecule has 0 bridgehead atoms. The van der Waals surface area contributed by atoms with Crippen LogP contribution in [-0.2, 0) is 19.5 Å². The van der Waals surface area contributed by atoms with Crippen LogP contribution < -0.4 is 5.46 Å². The number of rotatable bonds is 3. The molecule has 0 aliphatic carbocycles. The fourth-order valence-corrected chi connectivity index (χ4v) is 2.84. The number of hydrogen-bond donors (Lipinski definition) is 2. The lowest BCUT2D eigenvalue weighted by molar-refractivity contribution is 0.245. The highest BCUT2D eigenvalue weighted by Gasteiger charge is 2.19. The zero-order valence-electron chi connectivity index (χ0n) is 11.7. The molecule has 3 rings (SSSR count). The van der Waals surface area contributed by atoms with E-state index >= 15 is 0 Å². The van der Waals surface area contributed by atoms with Crippen LogP contribution >= 0.6 is 0 Å². The predicted octanol–water partition coefficient (Wildman–Crippen LogP) is 1.06. The SMILES string of the molecule is OB(O)c1cc(CN2CCc3ccccc3C2)ccc1F. The Balaban J connectivity index is 1.75. The molecule has 0 atom stereocenters. The highest BCUT2D eigenvalue weighted by Crippen LogP contribution is 2.20. The van der Waals surface area contributed by atoms with Crippen molar-refractivity contribution < 1.29 is 14.4 Å². The molecule has 2 aromatic rings. The average molecular weight is 285 g/mol. The van der Waals surface area contributed by atoms with Gasteiger partial charge in [-0.25, -0.2) is 4.39 Å². The van der Waals surface area contributed by atoms with Gasteiger partial charge in [0.25, 0.3) is 0 Å². The minimum absolute atomic E-state index is 0.0649. The second kappa shape index (κ2) is 5.97. The fourth-order valence-electron chi connectivity index (χ4n) is 2.84. The van der Waals surface area contributed by atoms with Gasteiger partial charge >= 0.3 is 7.12 Å². The summed E-state index contributed by atoms with van der Waals surface area (Å²) in [6, 6.07) is 12.9. The number of hydrogen-bond acceptors (Lipinski definition) is 3. The summed E-state index contributed by atoms with van der Waals surface area (Å²) in [5, 5.41) is 18.3. The predicted molar refractivity (Wildman–Crippen MR) is 80.5 cm³/mol. The van der Waals surface area contributed by atoms with E-state index in [0.717, 1.165) is 25.1 Å². The first-order chi connectivity index (χ1) is 10.1. The number of benzene rings is 2. The first-order valence-corrected chi connectivity index (χ1v) is 7.07. The molecule has 0 spiro atoms. The zero-order valence-corrected chi connectivity index (χ0v) is 11.7. The largest absolute Gasteiger partial charge is 0.491 e. The maximum atomic E-state index is 13.5. The highest BCUT2D eigenvalue weighted by molar-refractivity contribution is 6.58. The molecule has 0 aromatic heterocycles. The summed E-state index contributed by atoms with van der Waals surface area (Å²) in [7, 11) is -1.77. The highest BCUT2D eigenvalue weighted by atomic mass is 19.1. The van der Waals surface area contributed by atoms with Crippen molar-refractivity contribution in [2.24, 2.45) is 0 Å². The van der Waals surface area contributed by atoms with Gasteiger partial charge in [0.1, 0.15) is 5.82 Å². The monoisotopic (exact) mass is 285 g/mol. The molecule has 0 unspecified atom stereocenters. The van der Waals surface area contributed by atoms with Crippen molar-refractivity contribution in [2.45, 2.75) is 19.5 Å². The lowest BCUT2D eigenvalue weighted by Gasteiger charge is -2.28. The van der Waals surface area contributed by atoms with Crippen molar-refractivity contribution in [3.8, 4) is 0 Å². The van der Waals surface area contributed by atoms with Gasteiger partial charge in [0.2, 0.25) is 0 Å². The Kier molecular flexibility index (Phi) is 4.06. The molecule has 0 amide bonds. The Morgan fingerprint density at radius 3 is 2.62 bits per heavy atom. The van der Waals surface area contributed by atoms with E-state index < -0.39 is 12.9 Å².